The number of nitriles is 1. The number of hydrogen-bond acceptors (Lipinski definition) is 3. The van der Waals surface area contributed by atoms with Crippen LogP contribution in [0.4, 0.5) is 0 Å². The van der Waals surface area contributed by atoms with Crippen LogP contribution in [0.2, 0.25) is 0 Å². The van der Waals surface area contributed by atoms with Crippen molar-refractivity contribution in [3.05, 3.63) is 36.3 Å². The van der Waals surface area contributed by atoms with Crippen LogP contribution >= 0.6 is 0 Å². The topological polar surface area (TPSA) is 49.6 Å². The number of aromatic nitrogens is 2. The predicted molar refractivity (Wildman–Crippen MR) is 60.7 cm³/mol. The summed E-state index contributed by atoms with van der Waals surface area (Å²) >= 11 is 0. The molecule has 2 aromatic heterocycles. The van der Waals surface area contributed by atoms with Crippen molar-refractivity contribution in [2.24, 2.45) is 0 Å². The second-order valence-corrected chi connectivity index (χ2v) is 4.34. The molecule has 0 saturated heterocycles. The highest BCUT2D eigenvalue weighted by atomic mass is 14.7. The molecule has 0 aromatic carbocycles. The van der Waals surface area contributed by atoms with Crippen LogP contribution in [0.25, 0.3) is 10.9 Å². The van der Waals surface area contributed by atoms with Gasteiger partial charge in [-0.3, -0.25) is 9.97 Å². The molecule has 0 spiro atoms. The average molecular weight is 209 g/mol. The molecule has 0 bridgehead atoms. The normalized spacial score (nSPS) is 17.7. The molecule has 3 heteroatoms. The van der Waals surface area contributed by atoms with Crippen LogP contribution in [0.3, 0.4) is 0 Å². The molecule has 1 saturated carbocycles. The van der Waals surface area contributed by atoms with Crippen LogP contribution < -0.4 is 0 Å². The van der Waals surface area contributed by atoms with Crippen molar-refractivity contribution in [3.63, 3.8) is 0 Å². The van der Waals surface area contributed by atoms with E-state index in [1.807, 2.05) is 12.3 Å². The molecule has 2 heterocycles. The van der Waals surface area contributed by atoms with Crippen molar-refractivity contribution in [1.29, 1.82) is 5.26 Å². The number of pyridine rings is 2. The van der Waals surface area contributed by atoms with Crippen molar-refractivity contribution >= 4 is 10.9 Å². The van der Waals surface area contributed by atoms with Crippen molar-refractivity contribution in [2.45, 2.75) is 24.7 Å². The Morgan fingerprint density at radius 1 is 1.31 bits per heavy atom. The fraction of sp³-hybridized carbons (Fsp3) is 0.308. The van der Waals surface area contributed by atoms with E-state index in [0.717, 1.165) is 35.7 Å². The number of hydrogen-bond donors (Lipinski definition) is 0. The molecule has 1 aliphatic carbocycles. The third-order valence-electron chi connectivity index (χ3n) is 3.46. The van der Waals surface area contributed by atoms with Crippen molar-refractivity contribution in [2.75, 3.05) is 0 Å². The predicted octanol–water partition coefficient (Wildman–Crippen LogP) is 2.58. The molecular weight excluding hydrogens is 198 g/mol. The van der Waals surface area contributed by atoms with Gasteiger partial charge in [0.1, 0.15) is 0 Å². The van der Waals surface area contributed by atoms with Gasteiger partial charge in [-0.25, -0.2) is 0 Å². The van der Waals surface area contributed by atoms with E-state index >= 15 is 0 Å². The Hall–Kier alpha value is -1.95. The summed E-state index contributed by atoms with van der Waals surface area (Å²) in [6.45, 7) is 0. The van der Waals surface area contributed by atoms with Crippen LogP contribution in [-0.2, 0) is 5.41 Å². The van der Waals surface area contributed by atoms with Gasteiger partial charge in [-0.05, 0) is 37.0 Å². The third-order valence-corrected chi connectivity index (χ3v) is 3.46. The van der Waals surface area contributed by atoms with Gasteiger partial charge in [0.25, 0.3) is 0 Å². The Labute approximate surface area is 93.8 Å². The van der Waals surface area contributed by atoms with Gasteiger partial charge in [0.15, 0.2) is 0 Å². The lowest BCUT2D eigenvalue weighted by atomic mass is 9.66. The highest BCUT2D eigenvalue weighted by Crippen LogP contribution is 2.43. The van der Waals surface area contributed by atoms with Crippen molar-refractivity contribution < 1.29 is 0 Å². The SMILES string of the molecule is N#CC1(c2cnc3ccncc3c2)CCC1. The minimum Gasteiger partial charge on any atom is -0.264 e. The molecule has 0 atom stereocenters. The number of rotatable bonds is 1. The molecule has 2 aromatic rings. The summed E-state index contributed by atoms with van der Waals surface area (Å²) in [5.41, 5.74) is 1.70. The molecule has 3 rings (SSSR count). The summed E-state index contributed by atoms with van der Waals surface area (Å²) in [6.07, 6.45) is 8.42. The average Bonchev–Trinajstić information content (AvgIpc) is 2.28. The summed E-state index contributed by atoms with van der Waals surface area (Å²) < 4.78 is 0. The lowest BCUT2D eigenvalue weighted by Crippen LogP contribution is -2.32. The highest BCUT2D eigenvalue weighted by molar-refractivity contribution is 5.78. The van der Waals surface area contributed by atoms with Gasteiger partial charge < -0.3 is 0 Å². The summed E-state index contributed by atoms with van der Waals surface area (Å²) in [7, 11) is 0. The number of fused-ring (bicyclic) bond motifs is 1. The maximum absolute atomic E-state index is 9.27. The van der Waals surface area contributed by atoms with Gasteiger partial charge in [-0.2, -0.15) is 5.26 Å². The minimum atomic E-state index is -0.281. The van der Waals surface area contributed by atoms with E-state index in [4.69, 9.17) is 0 Å². The smallest absolute Gasteiger partial charge is 0.0837 e. The molecule has 1 fully saturated rings. The van der Waals surface area contributed by atoms with Gasteiger partial charge in [0.05, 0.1) is 17.0 Å². The first-order chi connectivity index (χ1) is 7.84. The molecule has 1 aliphatic rings. The van der Waals surface area contributed by atoms with E-state index in [9.17, 15) is 5.26 Å². The second kappa shape index (κ2) is 3.28. The fourth-order valence-electron chi connectivity index (χ4n) is 2.23. The quantitative estimate of drug-likeness (QED) is 0.725. The zero-order chi connectivity index (χ0) is 11.0. The highest BCUT2D eigenvalue weighted by Gasteiger charge is 2.39. The van der Waals surface area contributed by atoms with Crippen LogP contribution in [0.1, 0.15) is 24.8 Å². The van der Waals surface area contributed by atoms with Crippen molar-refractivity contribution in [1.82, 2.24) is 9.97 Å². The van der Waals surface area contributed by atoms with Gasteiger partial charge in [-0.1, -0.05) is 0 Å². The molecule has 0 N–H and O–H groups in total. The number of nitrogens with zero attached hydrogens (tertiary/aromatic N) is 3. The van der Waals surface area contributed by atoms with E-state index in [0.29, 0.717) is 0 Å². The monoisotopic (exact) mass is 209 g/mol. The Morgan fingerprint density at radius 2 is 2.19 bits per heavy atom. The van der Waals surface area contributed by atoms with Crippen LogP contribution in [-0.4, -0.2) is 9.97 Å². The zero-order valence-corrected chi connectivity index (χ0v) is 8.85. The van der Waals surface area contributed by atoms with E-state index in [2.05, 4.69) is 22.1 Å². The van der Waals surface area contributed by atoms with Crippen molar-refractivity contribution in [3.8, 4) is 6.07 Å². The lowest BCUT2D eigenvalue weighted by molar-refractivity contribution is 0.323. The lowest BCUT2D eigenvalue weighted by Gasteiger charge is -2.35. The Morgan fingerprint density at radius 3 is 2.88 bits per heavy atom. The molecule has 0 radical (unpaired) electrons. The van der Waals surface area contributed by atoms with E-state index in [1.165, 1.54) is 0 Å². The fourth-order valence-corrected chi connectivity index (χ4v) is 2.23. The molecule has 78 valence electrons. The standard InChI is InChI=1S/C13H11N3/c14-9-13(3-1-4-13)11-6-10-7-15-5-2-12(10)16-8-11/h2,5-8H,1,3-4H2. The molecular formula is C13H11N3. The molecule has 0 aliphatic heterocycles. The summed E-state index contributed by atoms with van der Waals surface area (Å²) in [5.74, 6) is 0. The summed E-state index contributed by atoms with van der Waals surface area (Å²) in [4.78, 5) is 8.47. The Kier molecular flexibility index (Phi) is 1.90. The first-order valence-corrected chi connectivity index (χ1v) is 5.46. The van der Waals surface area contributed by atoms with Crippen LogP contribution in [0.15, 0.2) is 30.7 Å². The molecule has 0 unspecified atom stereocenters. The molecule has 0 amide bonds. The first kappa shape index (κ1) is 9.29. The third kappa shape index (κ3) is 1.20. The molecule has 3 nitrogen and oxygen atoms in total. The molecule has 16 heavy (non-hydrogen) atoms. The van der Waals surface area contributed by atoms with E-state index in [1.54, 1.807) is 12.4 Å². The summed E-state index contributed by atoms with van der Waals surface area (Å²) in [5, 5.41) is 10.3. The van der Waals surface area contributed by atoms with E-state index < -0.39 is 0 Å². The minimum absolute atomic E-state index is 0.281. The maximum atomic E-state index is 9.27. The Balaban J connectivity index is 2.16. The second-order valence-electron chi connectivity index (χ2n) is 4.34. The van der Waals surface area contributed by atoms with E-state index in [-0.39, 0.29) is 5.41 Å². The summed E-state index contributed by atoms with van der Waals surface area (Å²) in [6, 6.07) is 6.38. The van der Waals surface area contributed by atoms with Gasteiger partial charge in [0.2, 0.25) is 0 Å². The van der Waals surface area contributed by atoms with Gasteiger partial charge in [0, 0.05) is 24.0 Å². The van der Waals surface area contributed by atoms with Crippen LogP contribution in [0, 0.1) is 11.3 Å². The van der Waals surface area contributed by atoms with Gasteiger partial charge in [-0.15, -0.1) is 0 Å². The van der Waals surface area contributed by atoms with Crippen LogP contribution in [0.5, 0.6) is 0 Å². The largest absolute Gasteiger partial charge is 0.264 e. The Bertz CT molecular complexity index is 579. The zero-order valence-electron chi connectivity index (χ0n) is 8.85. The first-order valence-electron chi connectivity index (χ1n) is 5.46. The van der Waals surface area contributed by atoms with Gasteiger partial charge >= 0.3 is 0 Å². The maximum Gasteiger partial charge on any atom is 0.0837 e.